The van der Waals surface area contributed by atoms with Crippen LogP contribution in [-0.4, -0.2) is 16.5 Å². The third-order valence-corrected chi connectivity index (χ3v) is 3.87. The Kier molecular flexibility index (Phi) is 4.15. The van der Waals surface area contributed by atoms with Crippen molar-refractivity contribution in [3.8, 4) is 10.7 Å². The van der Waals surface area contributed by atoms with Crippen LogP contribution in [0.2, 0.25) is 0 Å². The number of nitrogens with zero attached hydrogens (tertiary/aromatic N) is 1. The van der Waals surface area contributed by atoms with Crippen LogP contribution in [-0.2, 0) is 6.54 Å². The molecule has 2 N–H and O–H groups in total. The Morgan fingerprint density at radius 3 is 3.12 bits per heavy atom. The van der Waals surface area contributed by atoms with Crippen molar-refractivity contribution in [2.75, 3.05) is 6.54 Å². The molecule has 0 saturated carbocycles. The second kappa shape index (κ2) is 5.61. The minimum Gasteiger partial charge on any atom is -0.340 e. The van der Waals surface area contributed by atoms with Gasteiger partial charge in [-0.1, -0.05) is 6.92 Å². The number of halogens is 1. The van der Waals surface area contributed by atoms with Gasteiger partial charge < -0.3 is 10.3 Å². The average molecular weight is 300 g/mol. The van der Waals surface area contributed by atoms with Gasteiger partial charge in [0.15, 0.2) is 0 Å². The maximum atomic E-state index is 4.37. The van der Waals surface area contributed by atoms with Gasteiger partial charge in [-0.2, -0.15) is 0 Å². The SMILES string of the molecule is CCCNCc1cnc(-c2cc(Br)cs2)[nH]1. The van der Waals surface area contributed by atoms with E-state index in [0.717, 1.165) is 40.4 Å². The zero-order valence-electron chi connectivity index (χ0n) is 9.09. The topological polar surface area (TPSA) is 40.7 Å². The quantitative estimate of drug-likeness (QED) is 0.831. The number of aromatic nitrogens is 2. The lowest BCUT2D eigenvalue weighted by molar-refractivity contribution is 0.667. The Balaban J connectivity index is 2.02. The molecule has 0 aliphatic rings. The molecule has 0 fully saturated rings. The first kappa shape index (κ1) is 11.8. The number of hydrogen-bond donors (Lipinski definition) is 2. The minimum atomic E-state index is 0.855. The lowest BCUT2D eigenvalue weighted by Gasteiger charge is -1.98. The molecule has 2 heterocycles. The molecule has 0 bridgehead atoms. The Morgan fingerprint density at radius 2 is 2.44 bits per heavy atom. The lowest BCUT2D eigenvalue weighted by atomic mass is 10.4. The zero-order valence-corrected chi connectivity index (χ0v) is 11.5. The van der Waals surface area contributed by atoms with Crippen molar-refractivity contribution < 1.29 is 0 Å². The summed E-state index contributed by atoms with van der Waals surface area (Å²) in [7, 11) is 0. The molecular weight excluding hydrogens is 286 g/mol. The van der Waals surface area contributed by atoms with Crippen LogP contribution in [0.4, 0.5) is 0 Å². The molecule has 0 amide bonds. The molecular formula is C11H14BrN3S. The highest BCUT2D eigenvalue weighted by atomic mass is 79.9. The van der Waals surface area contributed by atoms with Crippen molar-refractivity contribution in [1.29, 1.82) is 0 Å². The first-order valence-corrected chi connectivity index (χ1v) is 6.96. The van der Waals surface area contributed by atoms with Crippen molar-refractivity contribution in [3.05, 3.63) is 27.8 Å². The van der Waals surface area contributed by atoms with Gasteiger partial charge in [-0.15, -0.1) is 11.3 Å². The maximum Gasteiger partial charge on any atom is 0.147 e. The van der Waals surface area contributed by atoms with E-state index in [1.165, 1.54) is 0 Å². The van der Waals surface area contributed by atoms with E-state index in [2.05, 4.69) is 49.6 Å². The fourth-order valence-electron chi connectivity index (χ4n) is 1.41. The summed E-state index contributed by atoms with van der Waals surface area (Å²) in [5, 5.41) is 5.41. The summed E-state index contributed by atoms with van der Waals surface area (Å²) in [6, 6.07) is 2.08. The van der Waals surface area contributed by atoms with Gasteiger partial charge in [-0.3, -0.25) is 0 Å². The summed E-state index contributed by atoms with van der Waals surface area (Å²) in [6.45, 7) is 4.06. The Bertz CT molecular complexity index is 450. The van der Waals surface area contributed by atoms with E-state index in [9.17, 15) is 0 Å². The lowest BCUT2D eigenvalue weighted by Crippen LogP contribution is -2.13. The zero-order chi connectivity index (χ0) is 11.4. The summed E-state index contributed by atoms with van der Waals surface area (Å²) >= 11 is 5.13. The molecule has 2 aromatic rings. The number of hydrogen-bond acceptors (Lipinski definition) is 3. The Morgan fingerprint density at radius 1 is 1.56 bits per heavy atom. The van der Waals surface area contributed by atoms with E-state index >= 15 is 0 Å². The molecule has 2 aromatic heterocycles. The molecule has 3 nitrogen and oxygen atoms in total. The first-order chi connectivity index (χ1) is 7.79. The van der Waals surface area contributed by atoms with E-state index < -0.39 is 0 Å². The van der Waals surface area contributed by atoms with E-state index in [1.807, 2.05) is 6.20 Å². The minimum absolute atomic E-state index is 0.855. The van der Waals surface area contributed by atoms with Crippen molar-refractivity contribution in [2.45, 2.75) is 19.9 Å². The second-order valence-electron chi connectivity index (χ2n) is 3.56. The molecule has 0 unspecified atom stereocenters. The van der Waals surface area contributed by atoms with Gasteiger partial charge in [-0.25, -0.2) is 4.98 Å². The van der Waals surface area contributed by atoms with Crippen molar-refractivity contribution in [1.82, 2.24) is 15.3 Å². The summed E-state index contributed by atoms with van der Waals surface area (Å²) < 4.78 is 1.11. The van der Waals surface area contributed by atoms with Gasteiger partial charge in [0.1, 0.15) is 5.82 Å². The van der Waals surface area contributed by atoms with Crippen LogP contribution in [0.1, 0.15) is 19.0 Å². The standard InChI is InChI=1S/C11H14BrN3S/c1-2-3-13-5-9-6-14-11(15-9)10-4-8(12)7-16-10/h4,6-7,13H,2-3,5H2,1H3,(H,14,15). The predicted octanol–water partition coefficient (Wildman–Crippen LogP) is 3.40. The molecule has 0 spiro atoms. The van der Waals surface area contributed by atoms with Gasteiger partial charge in [0.2, 0.25) is 0 Å². The van der Waals surface area contributed by atoms with Crippen LogP contribution in [0, 0.1) is 0 Å². The number of aromatic amines is 1. The Labute approximate surface area is 107 Å². The molecule has 86 valence electrons. The fraction of sp³-hybridized carbons (Fsp3) is 0.364. The summed E-state index contributed by atoms with van der Waals surface area (Å²) in [6.07, 6.45) is 3.05. The normalized spacial score (nSPS) is 10.9. The van der Waals surface area contributed by atoms with Crippen molar-refractivity contribution in [3.63, 3.8) is 0 Å². The monoisotopic (exact) mass is 299 g/mol. The average Bonchev–Trinajstić information content (AvgIpc) is 2.87. The number of imidazole rings is 1. The third-order valence-electron chi connectivity index (χ3n) is 2.17. The van der Waals surface area contributed by atoms with Crippen molar-refractivity contribution >= 4 is 27.3 Å². The van der Waals surface area contributed by atoms with Gasteiger partial charge in [-0.05, 0) is 35.0 Å². The smallest absolute Gasteiger partial charge is 0.147 e. The number of nitrogens with one attached hydrogen (secondary N) is 2. The number of rotatable bonds is 5. The number of H-pyrrole nitrogens is 1. The van der Waals surface area contributed by atoms with Crippen LogP contribution < -0.4 is 5.32 Å². The Hall–Kier alpha value is -0.650. The van der Waals surface area contributed by atoms with Crippen LogP contribution in [0.25, 0.3) is 10.7 Å². The summed E-state index contributed by atoms with van der Waals surface area (Å²) in [5.41, 5.74) is 1.13. The maximum absolute atomic E-state index is 4.37. The predicted molar refractivity (Wildman–Crippen MR) is 71.6 cm³/mol. The molecule has 0 atom stereocenters. The number of thiophene rings is 1. The fourth-order valence-corrected chi connectivity index (χ4v) is 2.79. The molecule has 5 heteroatoms. The highest BCUT2D eigenvalue weighted by molar-refractivity contribution is 9.10. The van der Waals surface area contributed by atoms with Crippen LogP contribution in [0.5, 0.6) is 0 Å². The van der Waals surface area contributed by atoms with Crippen LogP contribution in [0.15, 0.2) is 22.1 Å². The first-order valence-electron chi connectivity index (χ1n) is 5.28. The van der Waals surface area contributed by atoms with Gasteiger partial charge >= 0.3 is 0 Å². The third kappa shape index (κ3) is 2.93. The van der Waals surface area contributed by atoms with E-state index in [1.54, 1.807) is 11.3 Å². The molecule has 0 aromatic carbocycles. The van der Waals surface area contributed by atoms with E-state index in [0.29, 0.717) is 0 Å². The van der Waals surface area contributed by atoms with E-state index in [4.69, 9.17) is 0 Å². The summed E-state index contributed by atoms with van der Waals surface area (Å²) in [5.74, 6) is 0.948. The van der Waals surface area contributed by atoms with E-state index in [-0.39, 0.29) is 0 Å². The molecule has 0 aliphatic heterocycles. The van der Waals surface area contributed by atoms with Gasteiger partial charge in [0.05, 0.1) is 4.88 Å². The molecule has 0 aliphatic carbocycles. The highest BCUT2D eigenvalue weighted by Crippen LogP contribution is 2.27. The summed E-state index contributed by atoms with van der Waals surface area (Å²) in [4.78, 5) is 8.85. The molecule has 16 heavy (non-hydrogen) atoms. The van der Waals surface area contributed by atoms with Gasteiger partial charge in [0, 0.05) is 28.3 Å². The highest BCUT2D eigenvalue weighted by Gasteiger charge is 2.05. The molecule has 0 saturated heterocycles. The van der Waals surface area contributed by atoms with Crippen molar-refractivity contribution in [2.24, 2.45) is 0 Å². The van der Waals surface area contributed by atoms with Crippen LogP contribution in [0.3, 0.4) is 0 Å². The largest absolute Gasteiger partial charge is 0.340 e. The second-order valence-corrected chi connectivity index (χ2v) is 5.39. The van der Waals surface area contributed by atoms with Gasteiger partial charge in [0.25, 0.3) is 0 Å². The molecule has 0 radical (unpaired) electrons. The van der Waals surface area contributed by atoms with Crippen LogP contribution >= 0.6 is 27.3 Å². The molecule has 2 rings (SSSR count).